The van der Waals surface area contributed by atoms with Gasteiger partial charge in [0.05, 0.1) is 6.61 Å². The number of carbonyl (C=O) groups excluding carboxylic acids is 1. The number of hydrogen-bond donors (Lipinski definition) is 2. The molecule has 4 nitrogen and oxygen atoms in total. The second kappa shape index (κ2) is 9.00. The van der Waals surface area contributed by atoms with Gasteiger partial charge in [0.15, 0.2) is 0 Å². The molecule has 1 rings (SSSR count). The fourth-order valence-electron chi connectivity index (χ4n) is 1.73. The van der Waals surface area contributed by atoms with Gasteiger partial charge in [-0.3, -0.25) is 4.79 Å². The van der Waals surface area contributed by atoms with E-state index < -0.39 is 18.8 Å². The molecule has 3 atom stereocenters. The van der Waals surface area contributed by atoms with E-state index in [0.29, 0.717) is 6.42 Å². The van der Waals surface area contributed by atoms with Crippen LogP contribution in [-0.4, -0.2) is 40.2 Å². The molecule has 0 saturated heterocycles. The molecule has 1 aromatic carbocycles. The van der Waals surface area contributed by atoms with Crippen LogP contribution in [0.1, 0.15) is 26.7 Å². The third-order valence-corrected chi connectivity index (χ3v) is 3.94. The molecule has 0 amide bonds. The Morgan fingerprint density at radius 3 is 2.55 bits per heavy atom. The maximum atomic E-state index is 12.0. The number of thioether (sulfide) groups is 1. The van der Waals surface area contributed by atoms with Crippen molar-refractivity contribution < 1.29 is 19.7 Å². The van der Waals surface area contributed by atoms with Crippen LogP contribution in [-0.2, 0) is 9.53 Å². The van der Waals surface area contributed by atoms with E-state index in [0.717, 1.165) is 11.3 Å². The quantitative estimate of drug-likeness (QED) is 0.569. The Bertz CT molecular complexity index is 396. The Labute approximate surface area is 124 Å². The SMILES string of the molecule is CCC[C@@H](OC(=O)C(C)Sc1ccccc1)[C@@H](O)CO. The third kappa shape index (κ3) is 5.53. The van der Waals surface area contributed by atoms with E-state index in [1.807, 2.05) is 37.3 Å². The first-order chi connectivity index (χ1) is 9.58. The van der Waals surface area contributed by atoms with Gasteiger partial charge in [-0.2, -0.15) is 0 Å². The summed E-state index contributed by atoms with van der Waals surface area (Å²) in [6.45, 7) is 3.31. The molecule has 0 aliphatic rings. The number of benzene rings is 1. The molecule has 0 fully saturated rings. The first-order valence-electron chi connectivity index (χ1n) is 6.79. The highest BCUT2D eigenvalue weighted by atomic mass is 32.2. The second-order valence-corrected chi connectivity index (χ2v) is 6.00. The number of aliphatic hydroxyl groups excluding tert-OH is 2. The predicted molar refractivity (Wildman–Crippen MR) is 79.6 cm³/mol. The zero-order valence-electron chi connectivity index (χ0n) is 11.9. The standard InChI is InChI=1S/C15H22O4S/c1-3-7-14(13(17)10-16)19-15(18)11(2)20-12-8-5-4-6-9-12/h4-6,8-9,11,13-14,16-17H,3,7,10H2,1-2H3/t11?,13-,14+/m0/s1. The second-order valence-electron chi connectivity index (χ2n) is 4.59. The maximum absolute atomic E-state index is 12.0. The lowest BCUT2D eigenvalue weighted by molar-refractivity contribution is -0.156. The van der Waals surface area contributed by atoms with Gasteiger partial charge in [-0.05, 0) is 25.5 Å². The van der Waals surface area contributed by atoms with Crippen LogP contribution in [0.3, 0.4) is 0 Å². The summed E-state index contributed by atoms with van der Waals surface area (Å²) in [6, 6.07) is 9.61. The minimum absolute atomic E-state index is 0.359. The number of rotatable bonds is 8. The van der Waals surface area contributed by atoms with Gasteiger partial charge < -0.3 is 14.9 Å². The zero-order chi connectivity index (χ0) is 15.0. The van der Waals surface area contributed by atoms with Crippen molar-refractivity contribution in [2.75, 3.05) is 6.61 Å². The fraction of sp³-hybridized carbons (Fsp3) is 0.533. The van der Waals surface area contributed by atoms with Gasteiger partial charge >= 0.3 is 5.97 Å². The lowest BCUT2D eigenvalue weighted by Crippen LogP contribution is -2.36. The van der Waals surface area contributed by atoms with Crippen LogP contribution in [0, 0.1) is 0 Å². The van der Waals surface area contributed by atoms with E-state index in [1.165, 1.54) is 11.8 Å². The summed E-state index contributed by atoms with van der Waals surface area (Å²) >= 11 is 1.41. The van der Waals surface area contributed by atoms with Gasteiger partial charge in [-0.1, -0.05) is 31.5 Å². The summed E-state index contributed by atoms with van der Waals surface area (Å²) in [7, 11) is 0. The average molecular weight is 298 g/mol. The Morgan fingerprint density at radius 1 is 1.35 bits per heavy atom. The van der Waals surface area contributed by atoms with Crippen LogP contribution in [0.25, 0.3) is 0 Å². The first kappa shape index (κ1) is 17.0. The molecular formula is C15H22O4S. The van der Waals surface area contributed by atoms with E-state index >= 15 is 0 Å². The third-order valence-electron chi connectivity index (χ3n) is 2.84. The molecule has 5 heteroatoms. The molecule has 112 valence electrons. The number of ether oxygens (including phenoxy) is 1. The van der Waals surface area contributed by atoms with Gasteiger partial charge in [0, 0.05) is 4.90 Å². The largest absolute Gasteiger partial charge is 0.459 e. The van der Waals surface area contributed by atoms with Gasteiger partial charge in [-0.15, -0.1) is 11.8 Å². The molecule has 1 unspecified atom stereocenters. The van der Waals surface area contributed by atoms with Gasteiger partial charge in [-0.25, -0.2) is 0 Å². The van der Waals surface area contributed by atoms with Crippen molar-refractivity contribution >= 4 is 17.7 Å². The van der Waals surface area contributed by atoms with Crippen LogP contribution in [0.4, 0.5) is 0 Å². The highest BCUT2D eigenvalue weighted by Crippen LogP contribution is 2.24. The molecule has 0 saturated carbocycles. The molecule has 0 radical (unpaired) electrons. The predicted octanol–water partition coefficient (Wildman–Crippen LogP) is 2.23. The zero-order valence-corrected chi connectivity index (χ0v) is 12.7. The van der Waals surface area contributed by atoms with Crippen LogP contribution in [0.2, 0.25) is 0 Å². The molecule has 0 spiro atoms. The molecule has 0 bridgehead atoms. The molecule has 20 heavy (non-hydrogen) atoms. The first-order valence-corrected chi connectivity index (χ1v) is 7.67. The van der Waals surface area contributed by atoms with Crippen LogP contribution >= 0.6 is 11.8 Å². The highest BCUT2D eigenvalue weighted by Gasteiger charge is 2.25. The lowest BCUT2D eigenvalue weighted by atomic mass is 10.1. The summed E-state index contributed by atoms with van der Waals surface area (Å²) in [6.07, 6.45) is -0.352. The smallest absolute Gasteiger partial charge is 0.319 e. The molecule has 0 aliphatic carbocycles. The fourth-order valence-corrected chi connectivity index (χ4v) is 2.60. The van der Waals surface area contributed by atoms with E-state index in [-0.39, 0.29) is 11.2 Å². The molecule has 0 aliphatic heterocycles. The summed E-state index contributed by atoms with van der Waals surface area (Å²) in [5.74, 6) is -0.371. The number of aliphatic hydroxyl groups is 2. The number of hydrogen-bond acceptors (Lipinski definition) is 5. The van der Waals surface area contributed by atoms with Crippen molar-refractivity contribution in [2.24, 2.45) is 0 Å². The summed E-state index contributed by atoms with van der Waals surface area (Å²) in [5, 5.41) is 18.2. The maximum Gasteiger partial charge on any atom is 0.319 e. The molecule has 2 N–H and O–H groups in total. The highest BCUT2D eigenvalue weighted by molar-refractivity contribution is 8.00. The van der Waals surface area contributed by atoms with E-state index in [4.69, 9.17) is 9.84 Å². The molecule has 1 aromatic rings. The summed E-state index contributed by atoms with van der Waals surface area (Å²) in [5.41, 5.74) is 0. The van der Waals surface area contributed by atoms with Crippen molar-refractivity contribution in [2.45, 2.75) is 49.0 Å². The van der Waals surface area contributed by atoms with E-state index in [1.54, 1.807) is 6.92 Å². The lowest BCUT2D eigenvalue weighted by Gasteiger charge is -2.23. The number of carbonyl (C=O) groups is 1. The van der Waals surface area contributed by atoms with Crippen molar-refractivity contribution in [3.63, 3.8) is 0 Å². The minimum Gasteiger partial charge on any atom is -0.459 e. The van der Waals surface area contributed by atoms with Gasteiger partial charge in [0.1, 0.15) is 17.5 Å². The monoisotopic (exact) mass is 298 g/mol. The topological polar surface area (TPSA) is 66.8 Å². The summed E-state index contributed by atoms with van der Waals surface area (Å²) < 4.78 is 5.31. The van der Waals surface area contributed by atoms with E-state index in [2.05, 4.69) is 0 Å². The number of esters is 1. The van der Waals surface area contributed by atoms with Crippen LogP contribution in [0.5, 0.6) is 0 Å². The van der Waals surface area contributed by atoms with Crippen molar-refractivity contribution in [1.82, 2.24) is 0 Å². The summed E-state index contributed by atoms with van der Waals surface area (Å²) in [4.78, 5) is 13.0. The Kier molecular flexibility index (Phi) is 7.65. The van der Waals surface area contributed by atoms with Crippen molar-refractivity contribution in [3.8, 4) is 0 Å². The van der Waals surface area contributed by atoms with Gasteiger partial charge in [0.25, 0.3) is 0 Å². The van der Waals surface area contributed by atoms with Crippen LogP contribution < -0.4 is 0 Å². The van der Waals surface area contributed by atoms with Crippen molar-refractivity contribution in [1.29, 1.82) is 0 Å². The molecular weight excluding hydrogens is 276 g/mol. The Hall–Kier alpha value is -1.04. The van der Waals surface area contributed by atoms with E-state index in [9.17, 15) is 9.90 Å². The Morgan fingerprint density at radius 2 is 2.00 bits per heavy atom. The average Bonchev–Trinajstić information content (AvgIpc) is 2.46. The Balaban J connectivity index is 2.55. The van der Waals surface area contributed by atoms with Crippen molar-refractivity contribution in [3.05, 3.63) is 30.3 Å². The minimum atomic E-state index is -1.02. The normalized spacial score (nSPS) is 15.4. The molecule has 0 heterocycles. The molecule has 0 aromatic heterocycles. The van der Waals surface area contributed by atoms with Crippen LogP contribution in [0.15, 0.2) is 35.2 Å². The van der Waals surface area contributed by atoms with Gasteiger partial charge in [0.2, 0.25) is 0 Å².